The minimum Gasteiger partial charge on any atom is -0.390 e. The van der Waals surface area contributed by atoms with Gasteiger partial charge in [-0.1, -0.05) is 6.07 Å². The Bertz CT molecular complexity index is 508. The second kappa shape index (κ2) is 4.83. The number of imidazole rings is 1. The first-order valence-corrected chi connectivity index (χ1v) is 5.67. The second-order valence-corrected chi connectivity index (χ2v) is 4.17. The lowest BCUT2D eigenvalue weighted by Crippen LogP contribution is -2.34. The van der Waals surface area contributed by atoms with E-state index in [1.54, 1.807) is 0 Å². The third-order valence-electron chi connectivity index (χ3n) is 2.92. The smallest absolute Gasteiger partial charge is 0.104 e. The zero-order chi connectivity index (χ0) is 12.4. The van der Waals surface area contributed by atoms with Gasteiger partial charge in [0.2, 0.25) is 0 Å². The van der Waals surface area contributed by atoms with E-state index in [1.807, 2.05) is 32.2 Å². The van der Waals surface area contributed by atoms with Crippen molar-refractivity contribution < 1.29 is 5.11 Å². The van der Waals surface area contributed by atoms with Crippen molar-refractivity contribution in [2.75, 3.05) is 13.6 Å². The van der Waals surface area contributed by atoms with Gasteiger partial charge in [0.05, 0.1) is 23.2 Å². The van der Waals surface area contributed by atoms with Gasteiger partial charge >= 0.3 is 0 Å². The highest BCUT2D eigenvalue weighted by atomic mass is 16.3. The van der Waals surface area contributed by atoms with E-state index in [9.17, 15) is 5.11 Å². The number of hydrogen-bond donors (Lipinski definition) is 4. The van der Waals surface area contributed by atoms with Crippen LogP contribution in [0.3, 0.4) is 0 Å². The van der Waals surface area contributed by atoms with Crippen LogP contribution >= 0.6 is 0 Å². The van der Waals surface area contributed by atoms with Gasteiger partial charge in [-0.15, -0.1) is 0 Å². The summed E-state index contributed by atoms with van der Waals surface area (Å²) in [5, 5.41) is 12.9. The molecule has 0 fully saturated rings. The van der Waals surface area contributed by atoms with Gasteiger partial charge in [-0.05, 0) is 31.7 Å². The van der Waals surface area contributed by atoms with Crippen LogP contribution < -0.4 is 11.1 Å². The van der Waals surface area contributed by atoms with Gasteiger partial charge in [0, 0.05) is 6.54 Å². The number of nitrogens with zero attached hydrogens (tertiary/aromatic N) is 1. The van der Waals surface area contributed by atoms with Gasteiger partial charge in [0.1, 0.15) is 5.82 Å². The van der Waals surface area contributed by atoms with Crippen LogP contribution in [0.15, 0.2) is 18.2 Å². The maximum absolute atomic E-state index is 9.84. The zero-order valence-corrected chi connectivity index (χ0v) is 10.1. The summed E-state index contributed by atoms with van der Waals surface area (Å²) < 4.78 is 0. The Labute approximate surface area is 100 Å². The molecule has 0 spiro atoms. The van der Waals surface area contributed by atoms with E-state index >= 15 is 0 Å². The monoisotopic (exact) mass is 234 g/mol. The maximum Gasteiger partial charge on any atom is 0.104 e. The summed E-state index contributed by atoms with van der Waals surface area (Å²) in [4.78, 5) is 7.52. The summed E-state index contributed by atoms with van der Waals surface area (Å²) in [7, 11) is 1.81. The first kappa shape index (κ1) is 12.0. The Hall–Kier alpha value is -1.43. The highest BCUT2D eigenvalue weighted by molar-refractivity contribution is 5.76. The van der Waals surface area contributed by atoms with Crippen molar-refractivity contribution in [3.63, 3.8) is 0 Å². The molecule has 0 radical (unpaired) electrons. The lowest BCUT2D eigenvalue weighted by molar-refractivity contribution is 0.139. The van der Waals surface area contributed by atoms with Crippen LogP contribution in [0.2, 0.25) is 0 Å². The summed E-state index contributed by atoms with van der Waals surface area (Å²) in [6.07, 6.45) is -0.596. The van der Waals surface area contributed by atoms with Crippen LogP contribution in [0.1, 0.15) is 17.4 Å². The number of benzene rings is 1. The minimum absolute atomic E-state index is 0.159. The van der Waals surface area contributed by atoms with E-state index in [1.165, 1.54) is 0 Å². The second-order valence-electron chi connectivity index (χ2n) is 4.17. The largest absolute Gasteiger partial charge is 0.390 e. The van der Waals surface area contributed by atoms with Crippen molar-refractivity contribution in [3.05, 3.63) is 29.6 Å². The summed E-state index contributed by atoms with van der Waals surface area (Å²) in [6, 6.07) is 5.74. The number of hydrogen-bond acceptors (Lipinski definition) is 4. The molecule has 0 amide bonds. The standard InChI is InChI=1S/C12H18N4O/c1-7-15-9-4-3-8(5-10(9)16-7)12(14-2)11(17)6-13/h3-5,11-12,14,17H,6,13H2,1-2H3,(H,15,16). The number of aliphatic hydroxyl groups excluding tert-OH is 1. The predicted molar refractivity (Wildman–Crippen MR) is 67.7 cm³/mol. The molecule has 2 aromatic rings. The molecule has 0 saturated heterocycles. The number of aromatic nitrogens is 2. The number of nitrogens with one attached hydrogen (secondary N) is 2. The Morgan fingerprint density at radius 3 is 2.94 bits per heavy atom. The van der Waals surface area contributed by atoms with E-state index < -0.39 is 6.10 Å². The number of H-pyrrole nitrogens is 1. The number of nitrogens with two attached hydrogens (primary N) is 1. The number of fused-ring (bicyclic) bond motifs is 1. The summed E-state index contributed by atoms with van der Waals surface area (Å²) in [5.74, 6) is 0.887. The van der Waals surface area contributed by atoms with Gasteiger partial charge in [-0.25, -0.2) is 4.98 Å². The van der Waals surface area contributed by atoms with Crippen molar-refractivity contribution in [2.24, 2.45) is 5.73 Å². The van der Waals surface area contributed by atoms with Crippen molar-refractivity contribution >= 4 is 11.0 Å². The third kappa shape index (κ3) is 2.31. The first-order chi connectivity index (χ1) is 8.15. The molecular formula is C12H18N4O. The lowest BCUT2D eigenvalue weighted by atomic mass is 10.0. The third-order valence-corrected chi connectivity index (χ3v) is 2.92. The van der Waals surface area contributed by atoms with Gasteiger partial charge in [-0.3, -0.25) is 0 Å². The minimum atomic E-state index is -0.596. The van der Waals surface area contributed by atoms with Crippen LogP contribution in [0.4, 0.5) is 0 Å². The maximum atomic E-state index is 9.84. The van der Waals surface area contributed by atoms with Crippen molar-refractivity contribution in [3.8, 4) is 0 Å². The molecule has 5 heteroatoms. The molecule has 2 atom stereocenters. The van der Waals surface area contributed by atoms with Gasteiger partial charge in [0.15, 0.2) is 0 Å². The first-order valence-electron chi connectivity index (χ1n) is 5.67. The molecule has 5 N–H and O–H groups in total. The molecule has 2 rings (SSSR count). The quantitative estimate of drug-likeness (QED) is 0.618. The molecule has 92 valence electrons. The van der Waals surface area contributed by atoms with E-state index in [2.05, 4.69) is 15.3 Å². The van der Waals surface area contributed by atoms with Gasteiger partial charge in [0.25, 0.3) is 0 Å². The molecule has 0 saturated carbocycles. The van der Waals surface area contributed by atoms with Crippen molar-refractivity contribution in [2.45, 2.75) is 19.1 Å². The molecule has 1 aromatic heterocycles. The van der Waals surface area contributed by atoms with Crippen LogP contribution in [0, 0.1) is 6.92 Å². The number of aromatic amines is 1. The fourth-order valence-electron chi connectivity index (χ4n) is 2.07. The average Bonchev–Trinajstić information content (AvgIpc) is 2.69. The van der Waals surface area contributed by atoms with Crippen molar-refractivity contribution in [1.29, 1.82) is 0 Å². The van der Waals surface area contributed by atoms with Gasteiger partial charge in [-0.2, -0.15) is 0 Å². The molecule has 2 unspecified atom stereocenters. The Morgan fingerprint density at radius 1 is 1.53 bits per heavy atom. The molecule has 0 aliphatic rings. The lowest BCUT2D eigenvalue weighted by Gasteiger charge is -2.21. The molecule has 1 aromatic carbocycles. The van der Waals surface area contributed by atoms with E-state index in [-0.39, 0.29) is 12.6 Å². The summed E-state index contributed by atoms with van der Waals surface area (Å²) >= 11 is 0. The average molecular weight is 234 g/mol. The fraction of sp³-hybridized carbons (Fsp3) is 0.417. The van der Waals surface area contributed by atoms with Crippen LogP contribution in [0.5, 0.6) is 0 Å². The van der Waals surface area contributed by atoms with Gasteiger partial charge < -0.3 is 21.1 Å². The van der Waals surface area contributed by atoms with E-state index in [0.717, 1.165) is 22.4 Å². The summed E-state index contributed by atoms with van der Waals surface area (Å²) in [5.41, 5.74) is 8.40. The Balaban J connectivity index is 2.40. The SMILES string of the molecule is CNC(c1ccc2nc(C)[nH]c2c1)C(O)CN. The zero-order valence-electron chi connectivity index (χ0n) is 10.1. The number of aliphatic hydroxyl groups is 1. The molecule has 5 nitrogen and oxygen atoms in total. The molecule has 0 bridgehead atoms. The molecular weight excluding hydrogens is 216 g/mol. The number of likely N-dealkylation sites (N-methyl/N-ethyl adjacent to an activating group) is 1. The number of rotatable bonds is 4. The normalized spacial score (nSPS) is 15.1. The summed E-state index contributed by atoms with van der Waals surface area (Å²) in [6.45, 7) is 2.15. The van der Waals surface area contributed by atoms with E-state index in [4.69, 9.17) is 5.73 Å². The highest BCUT2D eigenvalue weighted by Gasteiger charge is 2.18. The van der Waals surface area contributed by atoms with E-state index in [0.29, 0.717) is 0 Å². The predicted octanol–water partition coefficient (Wildman–Crippen LogP) is 0.451. The fourth-order valence-corrected chi connectivity index (χ4v) is 2.07. The molecule has 0 aliphatic heterocycles. The number of aryl methyl sites for hydroxylation is 1. The Kier molecular flexibility index (Phi) is 3.42. The van der Waals surface area contributed by atoms with Crippen LogP contribution in [-0.2, 0) is 0 Å². The van der Waals surface area contributed by atoms with Crippen LogP contribution in [-0.4, -0.2) is 34.8 Å². The van der Waals surface area contributed by atoms with Crippen LogP contribution in [0.25, 0.3) is 11.0 Å². The molecule has 17 heavy (non-hydrogen) atoms. The molecule has 1 heterocycles. The van der Waals surface area contributed by atoms with Crippen molar-refractivity contribution in [1.82, 2.24) is 15.3 Å². The Morgan fingerprint density at radius 2 is 2.29 bits per heavy atom. The highest BCUT2D eigenvalue weighted by Crippen LogP contribution is 2.21. The molecule has 0 aliphatic carbocycles. The topological polar surface area (TPSA) is 87.0 Å².